The van der Waals surface area contributed by atoms with Crippen molar-refractivity contribution < 1.29 is 33.7 Å². The fourth-order valence-electron chi connectivity index (χ4n) is 2.65. The molecule has 1 aromatic rings. The Kier molecular flexibility index (Phi) is 6.64. The fraction of sp³-hybridized carbons (Fsp3) is 0.389. The van der Waals surface area contributed by atoms with Gasteiger partial charge in [0.1, 0.15) is 0 Å². The van der Waals surface area contributed by atoms with Gasteiger partial charge in [-0.3, -0.25) is 0 Å². The summed E-state index contributed by atoms with van der Waals surface area (Å²) in [5.41, 5.74) is 1.24. The molecule has 1 aliphatic rings. The number of rotatable bonds is 8. The highest BCUT2D eigenvalue weighted by atomic mass is 16.5. The van der Waals surface area contributed by atoms with Crippen LogP contribution in [0.25, 0.3) is 0 Å². The number of carbonyl (C=O) groups is 3. The van der Waals surface area contributed by atoms with E-state index in [0.29, 0.717) is 23.6 Å². The second kappa shape index (κ2) is 8.93. The van der Waals surface area contributed by atoms with Crippen LogP contribution < -0.4 is 20.1 Å². The van der Waals surface area contributed by atoms with Gasteiger partial charge in [0.05, 0.1) is 24.8 Å². The highest BCUT2D eigenvalue weighted by molar-refractivity contribution is 5.95. The third kappa shape index (κ3) is 4.90. The quantitative estimate of drug-likeness (QED) is 0.589. The first-order valence-corrected chi connectivity index (χ1v) is 8.44. The molecule has 0 saturated carbocycles. The van der Waals surface area contributed by atoms with Gasteiger partial charge >= 0.3 is 18.0 Å². The van der Waals surface area contributed by atoms with E-state index in [1.807, 2.05) is 0 Å². The predicted molar refractivity (Wildman–Crippen MR) is 94.5 cm³/mol. The summed E-state index contributed by atoms with van der Waals surface area (Å²) in [5.74, 6) is -1.10. The SMILES string of the molecule is CCOC(=O)C1=C(C)NC(=O)N[C@H]1c1ccc(OCC(=O)O)c(OCC)c1. The van der Waals surface area contributed by atoms with E-state index in [-0.39, 0.29) is 17.9 Å². The number of carboxylic acids is 1. The van der Waals surface area contributed by atoms with Crippen molar-refractivity contribution >= 4 is 18.0 Å². The normalized spacial score (nSPS) is 16.3. The zero-order chi connectivity index (χ0) is 20.0. The lowest BCUT2D eigenvalue weighted by atomic mass is 9.95. The molecule has 27 heavy (non-hydrogen) atoms. The first-order chi connectivity index (χ1) is 12.9. The number of esters is 1. The minimum atomic E-state index is -1.12. The average molecular weight is 378 g/mol. The third-order valence-electron chi connectivity index (χ3n) is 3.72. The zero-order valence-corrected chi connectivity index (χ0v) is 15.3. The molecule has 0 unspecified atom stereocenters. The number of ether oxygens (including phenoxy) is 3. The number of amides is 2. The van der Waals surface area contributed by atoms with E-state index in [1.54, 1.807) is 32.9 Å². The maximum absolute atomic E-state index is 12.4. The van der Waals surface area contributed by atoms with Crippen molar-refractivity contribution in [1.29, 1.82) is 0 Å². The Balaban J connectivity index is 2.42. The molecule has 0 aliphatic carbocycles. The van der Waals surface area contributed by atoms with Crippen LogP contribution in [-0.4, -0.2) is 42.9 Å². The largest absolute Gasteiger partial charge is 0.490 e. The summed E-state index contributed by atoms with van der Waals surface area (Å²) in [6.07, 6.45) is 0. The molecule has 146 valence electrons. The van der Waals surface area contributed by atoms with Crippen molar-refractivity contribution in [3.63, 3.8) is 0 Å². The molecular weight excluding hydrogens is 356 g/mol. The Bertz CT molecular complexity index is 773. The maximum Gasteiger partial charge on any atom is 0.341 e. The molecule has 9 heteroatoms. The summed E-state index contributed by atoms with van der Waals surface area (Å²) in [6.45, 7) is 5.09. The van der Waals surface area contributed by atoms with Crippen LogP contribution >= 0.6 is 0 Å². The Morgan fingerprint density at radius 3 is 2.52 bits per heavy atom. The molecule has 1 aliphatic heterocycles. The molecule has 2 amide bonds. The molecule has 1 aromatic carbocycles. The lowest BCUT2D eigenvalue weighted by Gasteiger charge is -2.28. The van der Waals surface area contributed by atoms with Crippen LogP contribution in [-0.2, 0) is 14.3 Å². The lowest BCUT2D eigenvalue weighted by molar-refractivity contribution is -0.140. The molecule has 0 fully saturated rings. The van der Waals surface area contributed by atoms with Crippen LogP contribution in [0.1, 0.15) is 32.4 Å². The first kappa shape index (κ1) is 20.1. The van der Waals surface area contributed by atoms with Gasteiger partial charge in [0.25, 0.3) is 0 Å². The van der Waals surface area contributed by atoms with Gasteiger partial charge in [-0.15, -0.1) is 0 Å². The summed E-state index contributed by atoms with van der Waals surface area (Å²) < 4.78 is 15.8. The molecule has 3 N–H and O–H groups in total. The van der Waals surface area contributed by atoms with Crippen LogP contribution in [0.4, 0.5) is 4.79 Å². The summed E-state index contributed by atoms with van der Waals surface area (Å²) in [7, 11) is 0. The van der Waals surface area contributed by atoms with Gasteiger partial charge in [-0.25, -0.2) is 14.4 Å². The lowest BCUT2D eigenvalue weighted by Crippen LogP contribution is -2.45. The molecule has 0 bridgehead atoms. The molecule has 0 spiro atoms. The Labute approximate surface area is 156 Å². The predicted octanol–water partition coefficient (Wildman–Crippen LogP) is 1.74. The molecule has 0 aromatic heterocycles. The van der Waals surface area contributed by atoms with Crippen molar-refractivity contribution in [3.05, 3.63) is 35.0 Å². The second-order valence-electron chi connectivity index (χ2n) is 5.61. The van der Waals surface area contributed by atoms with Gasteiger partial charge in [0.2, 0.25) is 0 Å². The number of aliphatic carboxylic acids is 1. The van der Waals surface area contributed by atoms with Gasteiger partial charge in [0.15, 0.2) is 18.1 Å². The van der Waals surface area contributed by atoms with E-state index >= 15 is 0 Å². The van der Waals surface area contributed by atoms with Crippen LogP contribution in [0.2, 0.25) is 0 Å². The molecule has 0 radical (unpaired) electrons. The van der Waals surface area contributed by atoms with Crippen molar-refractivity contribution in [2.24, 2.45) is 0 Å². The minimum absolute atomic E-state index is 0.197. The van der Waals surface area contributed by atoms with E-state index < -0.39 is 30.6 Å². The third-order valence-corrected chi connectivity index (χ3v) is 3.72. The number of hydrogen-bond acceptors (Lipinski definition) is 6. The van der Waals surface area contributed by atoms with E-state index in [1.165, 1.54) is 6.07 Å². The maximum atomic E-state index is 12.4. The Morgan fingerprint density at radius 2 is 1.89 bits per heavy atom. The average Bonchev–Trinajstić information content (AvgIpc) is 2.60. The first-order valence-electron chi connectivity index (χ1n) is 8.44. The second-order valence-corrected chi connectivity index (χ2v) is 5.61. The van der Waals surface area contributed by atoms with E-state index in [0.717, 1.165) is 0 Å². The Morgan fingerprint density at radius 1 is 1.15 bits per heavy atom. The van der Waals surface area contributed by atoms with Gasteiger partial charge in [-0.1, -0.05) is 6.07 Å². The highest BCUT2D eigenvalue weighted by Crippen LogP contribution is 2.34. The van der Waals surface area contributed by atoms with Crippen molar-refractivity contribution in [2.75, 3.05) is 19.8 Å². The van der Waals surface area contributed by atoms with Crippen molar-refractivity contribution in [2.45, 2.75) is 26.8 Å². The molecular formula is C18H22N2O7. The van der Waals surface area contributed by atoms with E-state index in [2.05, 4.69) is 10.6 Å². The number of benzene rings is 1. The molecule has 1 heterocycles. The van der Waals surface area contributed by atoms with Gasteiger partial charge in [0, 0.05) is 5.70 Å². The Hall–Kier alpha value is -3.23. The topological polar surface area (TPSA) is 123 Å². The van der Waals surface area contributed by atoms with E-state index in [4.69, 9.17) is 19.3 Å². The smallest absolute Gasteiger partial charge is 0.341 e. The number of hydrogen-bond donors (Lipinski definition) is 3. The number of carbonyl (C=O) groups excluding carboxylic acids is 2. The molecule has 9 nitrogen and oxygen atoms in total. The summed E-state index contributed by atoms with van der Waals surface area (Å²) in [4.78, 5) is 35.0. The van der Waals surface area contributed by atoms with Crippen LogP contribution in [0.15, 0.2) is 29.5 Å². The standard InChI is InChI=1S/C18H22N2O7/c1-4-25-13-8-11(6-7-12(13)27-9-14(21)22)16-15(17(23)26-5-2)10(3)19-18(24)20-16/h6-8,16H,4-5,9H2,1-3H3,(H,21,22)(H2,19,20,24)/t16-/m0/s1. The minimum Gasteiger partial charge on any atom is -0.490 e. The summed E-state index contributed by atoms with van der Waals surface area (Å²) in [5, 5.41) is 14.0. The highest BCUT2D eigenvalue weighted by Gasteiger charge is 2.32. The van der Waals surface area contributed by atoms with Crippen LogP contribution in [0.3, 0.4) is 0 Å². The summed E-state index contributed by atoms with van der Waals surface area (Å²) >= 11 is 0. The number of urea groups is 1. The fourth-order valence-corrected chi connectivity index (χ4v) is 2.65. The van der Waals surface area contributed by atoms with Crippen LogP contribution in [0.5, 0.6) is 11.5 Å². The number of allylic oxidation sites excluding steroid dienone is 1. The van der Waals surface area contributed by atoms with Crippen LogP contribution in [0, 0.1) is 0 Å². The van der Waals surface area contributed by atoms with Gasteiger partial charge < -0.3 is 30.0 Å². The van der Waals surface area contributed by atoms with Gasteiger partial charge in [-0.05, 0) is 38.5 Å². The zero-order valence-electron chi connectivity index (χ0n) is 15.3. The molecule has 0 saturated heterocycles. The summed E-state index contributed by atoms with van der Waals surface area (Å²) in [6, 6.07) is 3.57. The van der Waals surface area contributed by atoms with Crippen molar-refractivity contribution in [1.82, 2.24) is 10.6 Å². The van der Waals surface area contributed by atoms with Gasteiger partial charge in [-0.2, -0.15) is 0 Å². The molecule has 2 rings (SSSR count). The van der Waals surface area contributed by atoms with E-state index in [9.17, 15) is 14.4 Å². The number of carboxylic acid groups (broad SMARTS) is 1. The number of nitrogens with one attached hydrogen (secondary N) is 2. The monoisotopic (exact) mass is 378 g/mol. The molecule has 1 atom stereocenters. The van der Waals surface area contributed by atoms with Crippen molar-refractivity contribution in [3.8, 4) is 11.5 Å².